The normalized spacial score (nSPS) is 11.2. The third kappa shape index (κ3) is 4.72. The molecule has 0 unspecified atom stereocenters. The second-order valence-corrected chi connectivity index (χ2v) is 5.38. The number of hydrogen-bond donors (Lipinski definition) is 1. The van der Waals surface area contributed by atoms with Crippen LogP contribution < -0.4 is 14.8 Å². The maximum atomic E-state index is 12.4. The molecule has 0 saturated heterocycles. The largest absolute Gasteiger partial charge is 0.495 e. The topological polar surface area (TPSA) is 117 Å². The Labute approximate surface area is 155 Å². The van der Waals surface area contributed by atoms with Crippen molar-refractivity contribution in [2.24, 2.45) is 0 Å². The molecule has 0 saturated carbocycles. The molecule has 0 aliphatic rings. The monoisotopic (exact) mass is 374 g/mol. The van der Waals surface area contributed by atoms with Crippen molar-refractivity contribution in [3.8, 4) is 11.5 Å². The number of hydrogen-bond acceptors (Lipinski definition) is 7. The third-order valence-electron chi connectivity index (χ3n) is 3.61. The summed E-state index contributed by atoms with van der Waals surface area (Å²) in [5.41, 5.74) is -0.00601. The molecule has 2 aromatic rings. The van der Waals surface area contributed by atoms with Gasteiger partial charge in [0, 0.05) is 6.07 Å². The number of nitro benzene ring substituents is 1. The van der Waals surface area contributed by atoms with Crippen molar-refractivity contribution in [3.05, 3.63) is 58.1 Å². The van der Waals surface area contributed by atoms with Crippen LogP contribution in [0.15, 0.2) is 42.5 Å². The molecule has 0 aromatic heterocycles. The molecule has 27 heavy (non-hydrogen) atoms. The number of carbonyl (C=O) groups is 2. The molecule has 0 fully saturated rings. The van der Waals surface area contributed by atoms with E-state index in [0.717, 1.165) is 6.07 Å². The summed E-state index contributed by atoms with van der Waals surface area (Å²) in [7, 11) is 2.64. The van der Waals surface area contributed by atoms with E-state index in [1.54, 1.807) is 24.3 Å². The summed E-state index contributed by atoms with van der Waals surface area (Å²) in [5, 5.41) is 13.9. The number of ether oxygens (including phenoxy) is 3. The predicted octanol–water partition coefficient (Wildman–Crippen LogP) is 2.80. The lowest BCUT2D eigenvalue weighted by atomic mass is 10.2. The van der Waals surface area contributed by atoms with Gasteiger partial charge in [-0.15, -0.1) is 0 Å². The molecular formula is C18H18N2O7. The van der Waals surface area contributed by atoms with Gasteiger partial charge in [-0.3, -0.25) is 14.9 Å². The fourth-order valence-corrected chi connectivity index (χ4v) is 2.23. The minimum absolute atomic E-state index is 0.00248. The number of nitrogens with zero attached hydrogens (tertiary/aromatic N) is 1. The zero-order valence-electron chi connectivity index (χ0n) is 14.9. The molecule has 0 spiro atoms. The van der Waals surface area contributed by atoms with Crippen molar-refractivity contribution in [2.45, 2.75) is 13.0 Å². The Balaban J connectivity index is 2.19. The third-order valence-corrected chi connectivity index (χ3v) is 3.61. The first-order chi connectivity index (χ1) is 12.9. The van der Waals surface area contributed by atoms with Crippen molar-refractivity contribution in [3.63, 3.8) is 0 Å². The first-order valence-electron chi connectivity index (χ1n) is 7.84. The molecule has 1 atom stereocenters. The van der Waals surface area contributed by atoms with Crippen molar-refractivity contribution < 1.29 is 28.7 Å². The SMILES string of the molecule is COC(=O)c1ccc(O[C@@H](C)C(=O)Nc2ccccc2OC)c([N+](=O)[O-])c1. The van der Waals surface area contributed by atoms with Crippen LogP contribution in [0.4, 0.5) is 11.4 Å². The average Bonchev–Trinajstić information content (AvgIpc) is 2.67. The molecule has 0 aliphatic heterocycles. The van der Waals surface area contributed by atoms with E-state index in [9.17, 15) is 19.7 Å². The van der Waals surface area contributed by atoms with E-state index in [0.29, 0.717) is 11.4 Å². The molecule has 9 nitrogen and oxygen atoms in total. The minimum Gasteiger partial charge on any atom is -0.495 e. The van der Waals surface area contributed by atoms with Gasteiger partial charge in [-0.25, -0.2) is 4.79 Å². The number of esters is 1. The quantitative estimate of drug-likeness (QED) is 0.450. The number of anilines is 1. The molecule has 1 N–H and O–H groups in total. The Hall–Kier alpha value is -3.62. The summed E-state index contributed by atoms with van der Waals surface area (Å²) < 4.78 is 15.1. The average molecular weight is 374 g/mol. The Kier molecular flexibility index (Phi) is 6.32. The lowest BCUT2D eigenvalue weighted by Crippen LogP contribution is -2.30. The number of rotatable bonds is 7. The van der Waals surface area contributed by atoms with Crippen molar-refractivity contribution >= 4 is 23.3 Å². The van der Waals surface area contributed by atoms with E-state index in [-0.39, 0.29) is 11.3 Å². The van der Waals surface area contributed by atoms with Crippen LogP contribution >= 0.6 is 0 Å². The second-order valence-electron chi connectivity index (χ2n) is 5.38. The highest BCUT2D eigenvalue weighted by Gasteiger charge is 2.23. The van der Waals surface area contributed by atoms with Gasteiger partial charge >= 0.3 is 11.7 Å². The predicted molar refractivity (Wildman–Crippen MR) is 96.1 cm³/mol. The van der Waals surface area contributed by atoms with Gasteiger partial charge in [0.2, 0.25) is 0 Å². The van der Waals surface area contributed by atoms with Gasteiger partial charge in [-0.1, -0.05) is 12.1 Å². The summed E-state index contributed by atoms with van der Waals surface area (Å²) in [5.74, 6) is -0.917. The van der Waals surface area contributed by atoms with E-state index in [4.69, 9.17) is 9.47 Å². The number of nitrogens with one attached hydrogen (secondary N) is 1. The first kappa shape index (κ1) is 19.7. The molecule has 1 amide bonds. The summed E-state index contributed by atoms with van der Waals surface area (Å²) in [6.07, 6.45) is -1.04. The summed E-state index contributed by atoms with van der Waals surface area (Å²) in [6.45, 7) is 1.45. The van der Waals surface area contributed by atoms with Crippen LogP contribution in [-0.2, 0) is 9.53 Å². The molecule has 0 bridgehead atoms. The van der Waals surface area contributed by atoms with E-state index in [2.05, 4.69) is 10.1 Å². The smallest absolute Gasteiger partial charge is 0.338 e. The van der Waals surface area contributed by atoms with E-state index < -0.39 is 28.6 Å². The Morgan fingerprint density at radius 3 is 2.44 bits per heavy atom. The second kappa shape index (κ2) is 8.65. The molecule has 0 heterocycles. The van der Waals surface area contributed by atoms with E-state index >= 15 is 0 Å². The molecule has 0 aliphatic carbocycles. The molecule has 2 aromatic carbocycles. The van der Waals surface area contributed by atoms with Gasteiger partial charge in [-0.2, -0.15) is 0 Å². The van der Waals surface area contributed by atoms with Crippen LogP contribution in [-0.4, -0.2) is 37.1 Å². The van der Waals surface area contributed by atoms with Crippen LogP contribution in [0.1, 0.15) is 17.3 Å². The van der Waals surface area contributed by atoms with Gasteiger partial charge in [-0.05, 0) is 31.2 Å². The van der Waals surface area contributed by atoms with E-state index in [1.807, 2.05) is 0 Å². The van der Waals surface area contributed by atoms with Gasteiger partial charge in [0.05, 0.1) is 30.4 Å². The van der Waals surface area contributed by atoms with Crippen LogP contribution in [0.3, 0.4) is 0 Å². The summed E-state index contributed by atoms with van der Waals surface area (Å²) in [4.78, 5) is 34.4. The van der Waals surface area contributed by atoms with Crippen molar-refractivity contribution in [2.75, 3.05) is 19.5 Å². The molecule has 9 heteroatoms. The van der Waals surface area contributed by atoms with Gasteiger partial charge in [0.1, 0.15) is 5.75 Å². The lowest BCUT2D eigenvalue weighted by Gasteiger charge is -2.16. The Bertz CT molecular complexity index is 867. The van der Waals surface area contributed by atoms with Crippen molar-refractivity contribution in [1.82, 2.24) is 0 Å². The summed E-state index contributed by atoms with van der Waals surface area (Å²) in [6, 6.07) is 10.4. The van der Waals surface area contributed by atoms with Gasteiger partial charge in [0.15, 0.2) is 11.9 Å². The van der Waals surface area contributed by atoms with Crippen LogP contribution in [0, 0.1) is 10.1 Å². The number of benzene rings is 2. The highest BCUT2D eigenvalue weighted by atomic mass is 16.6. The summed E-state index contributed by atoms with van der Waals surface area (Å²) >= 11 is 0. The maximum Gasteiger partial charge on any atom is 0.338 e. The maximum absolute atomic E-state index is 12.4. The number of carbonyl (C=O) groups excluding carboxylic acids is 2. The molecule has 2 rings (SSSR count). The van der Waals surface area contributed by atoms with Crippen molar-refractivity contribution in [1.29, 1.82) is 0 Å². The van der Waals surface area contributed by atoms with E-state index in [1.165, 1.54) is 33.3 Å². The number of para-hydroxylation sites is 2. The lowest BCUT2D eigenvalue weighted by molar-refractivity contribution is -0.386. The first-order valence-corrected chi connectivity index (χ1v) is 7.84. The van der Waals surface area contributed by atoms with Crippen LogP contribution in [0.25, 0.3) is 0 Å². The standard InChI is InChI=1S/C18H18N2O7/c1-11(17(21)19-13-6-4-5-7-15(13)25-2)27-16-9-8-12(18(22)26-3)10-14(16)20(23)24/h4-11H,1-3H3,(H,19,21)/t11-/m0/s1. The molecule has 0 radical (unpaired) electrons. The Morgan fingerprint density at radius 1 is 1.11 bits per heavy atom. The highest BCUT2D eigenvalue weighted by Crippen LogP contribution is 2.30. The molecule has 142 valence electrons. The van der Waals surface area contributed by atoms with Crippen LogP contribution in [0.2, 0.25) is 0 Å². The van der Waals surface area contributed by atoms with Gasteiger partial charge < -0.3 is 19.5 Å². The Morgan fingerprint density at radius 2 is 1.81 bits per heavy atom. The highest BCUT2D eigenvalue weighted by molar-refractivity contribution is 5.95. The molecular weight excluding hydrogens is 356 g/mol. The zero-order chi connectivity index (χ0) is 20.0. The number of methoxy groups -OCH3 is 2. The fraction of sp³-hybridized carbons (Fsp3) is 0.222. The fourth-order valence-electron chi connectivity index (χ4n) is 2.23. The minimum atomic E-state index is -1.04. The van der Waals surface area contributed by atoms with Crippen LogP contribution in [0.5, 0.6) is 11.5 Å². The number of nitro groups is 1. The number of amides is 1. The van der Waals surface area contributed by atoms with Gasteiger partial charge in [0.25, 0.3) is 5.91 Å². The zero-order valence-corrected chi connectivity index (χ0v) is 14.9.